The Morgan fingerprint density at radius 3 is 2.36 bits per heavy atom. The molecule has 1 aliphatic rings. The lowest BCUT2D eigenvalue weighted by molar-refractivity contribution is -0.150. The number of methoxy groups -OCH3 is 1. The summed E-state index contributed by atoms with van der Waals surface area (Å²) < 4.78 is 5.28. The first kappa shape index (κ1) is 24.9. The molecule has 1 amide bonds. The first-order chi connectivity index (χ1) is 15.5. The van der Waals surface area contributed by atoms with Crippen LogP contribution in [-0.4, -0.2) is 45.6 Å². The van der Waals surface area contributed by atoms with Gasteiger partial charge in [0.2, 0.25) is 0 Å². The number of likely N-dealkylation sites (tertiary alicyclic amines) is 1. The summed E-state index contributed by atoms with van der Waals surface area (Å²) in [4.78, 5) is 40.1. The Labute approximate surface area is 201 Å². The second-order valence-corrected chi connectivity index (χ2v) is 9.42. The maximum atomic E-state index is 13.9. The second-order valence-electron chi connectivity index (χ2n) is 8.61. The van der Waals surface area contributed by atoms with Crippen LogP contribution >= 0.6 is 23.2 Å². The van der Waals surface area contributed by atoms with Crippen LogP contribution in [0.25, 0.3) is 0 Å². The lowest BCUT2D eigenvalue weighted by Crippen LogP contribution is -2.54. The van der Waals surface area contributed by atoms with E-state index in [4.69, 9.17) is 27.9 Å². The molecule has 1 aliphatic heterocycles. The van der Waals surface area contributed by atoms with Gasteiger partial charge >= 0.3 is 11.9 Å². The number of amides is 1. The summed E-state index contributed by atoms with van der Waals surface area (Å²) in [5.74, 6) is -3.85. The zero-order valence-electron chi connectivity index (χ0n) is 18.4. The number of nitrogens with zero attached hydrogens (tertiary/aromatic N) is 1. The average molecular weight is 494 g/mol. The average Bonchev–Trinajstić information content (AvgIpc) is 3.11. The van der Waals surface area contributed by atoms with E-state index in [0.717, 1.165) is 0 Å². The third kappa shape index (κ3) is 4.66. The highest BCUT2D eigenvalue weighted by molar-refractivity contribution is 6.42. The first-order valence-corrected chi connectivity index (χ1v) is 11.2. The highest BCUT2D eigenvalue weighted by Gasteiger charge is 2.60. The van der Waals surface area contributed by atoms with Crippen molar-refractivity contribution in [2.45, 2.75) is 38.3 Å². The summed E-state index contributed by atoms with van der Waals surface area (Å²) in [6.45, 7) is 3.67. The van der Waals surface area contributed by atoms with E-state index in [1.807, 2.05) is 13.8 Å². The van der Waals surface area contributed by atoms with Crippen molar-refractivity contribution in [3.8, 4) is 5.75 Å². The van der Waals surface area contributed by atoms with Crippen LogP contribution in [0.2, 0.25) is 10.0 Å². The summed E-state index contributed by atoms with van der Waals surface area (Å²) >= 11 is 12.1. The van der Waals surface area contributed by atoms with Crippen molar-refractivity contribution in [1.82, 2.24) is 4.90 Å². The molecule has 1 saturated heterocycles. The SMILES string of the molecule is COc1cccc(C2C(C(=O)O)CC(CC(C)C)(C(=O)O)N2C(=O)c2ccc(Cl)c(Cl)c2)c1. The standard InChI is InChI=1S/C24H25Cl2NO6/c1-13(2)11-24(23(31)32)12-17(22(29)30)20(14-5-4-6-16(9-14)33-3)27(24)21(28)15-7-8-18(25)19(26)10-15/h4-10,13,17,20H,11-12H2,1-3H3,(H,29,30)(H,31,32). The number of rotatable bonds is 7. The van der Waals surface area contributed by atoms with Crippen LogP contribution in [0.4, 0.5) is 0 Å². The predicted octanol–water partition coefficient (Wildman–Crippen LogP) is 5.16. The fourth-order valence-corrected chi connectivity index (χ4v) is 4.97. The number of hydrogen-bond acceptors (Lipinski definition) is 4. The minimum Gasteiger partial charge on any atom is -0.497 e. The van der Waals surface area contributed by atoms with Gasteiger partial charge in [-0.05, 0) is 54.7 Å². The normalized spacial score (nSPS) is 22.4. The van der Waals surface area contributed by atoms with Gasteiger partial charge in [0.25, 0.3) is 5.91 Å². The van der Waals surface area contributed by atoms with Gasteiger partial charge in [-0.2, -0.15) is 0 Å². The molecule has 33 heavy (non-hydrogen) atoms. The minimum absolute atomic E-state index is 0.0830. The molecule has 2 aromatic rings. The van der Waals surface area contributed by atoms with Gasteiger partial charge in [0.1, 0.15) is 11.3 Å². The van der Waals surface area contributed by atoms with Crippen LogP contribution in [0.5, 0.6) is 5.75 Å². The van der Waals surface area contributed by atoms with Crippen molar-refractivity contribution in [1.29, 1.82) is 0 Å². The number of benzene rings is 2. The maximum Gasteiger partial charge on any atom is 0.329 e. The summed E-state index contributed by atoms with van der Waals surface area (Å²) in [6, 6.07) is 9.91. The van der Waals surface area contributed by atoms with Crippen molar-refractivity contribution in [3.05, 3.63) is 63.6 Å². The van der Waals surface area contributed by atoms with E-state index < -0.39 is 35.3 Å². The Hall–Kier alpha value is -2.77. The lowest BCUT2D eigenvalue weighted by Gasteiger charge is -2.39. The van der Waals surface area contributed by atoms with Crippen molar-refractivity contribution < 1.29 is 29.3 Å². The molecular formula is C24H25Cl2NO6. The number of carboxylic acid groups (broad SMARTS) is 2. The van der Waals surface area contributed by atoms with Gasteiger partial charge in [0.05, 0.1) is 29.1 Å². The number of carboxylic acids is 2. The fourth-order valence-electron chi connectivity index (χ4n) is 4.67. The third-order valence-corrected chi connectivity index (χ3v) is 6.70. The predicted molar refractivity (Wildman–Crippen MR) is 124 cm³/mol. The van der Waals surface area contributed by atoms with Crippen LogP contribution < -0.4 is 4.74 Å². The summed E-state index contributed by atoms with van der Waals surface area (Å²) in [5, 5.41) is 20.8. The minimum atomic E-state index is -1.73. The van der Waals surface area contributed by atoms with E-state index >= 15 is 0 Å². The summed E-state index contributed by atoms with van der Waals surface area (Å²) in [7, 11) is 1.47. The van der Waals surface area contributed by atoms with E-state index in [2.05, 4.69) is 0 Å². The van der Waals surface area contributed by atoms with Crippen molar-refractivity contribution >= 4 is 41.0 Å². The largest absolute Gasteiger partial charge is 0.497 e. The molecular weight excluding hydrogens is 469 g/mol. The smallest absolute Gasteiger partial charge is 0.329 e. The number of halogens is 2. The Morgan fingerprint density at radius 1 is 1.12 bits per heavy atom. The number of carbonyl (C=O) groups excluding carboxylic acids is 1. The molecule has 0 spiro atoms. The van der Waals surface area contributed by atoms with Crippen molar-refractivity contribution in [2.24, 2.45) is 11.8 Å². The van der Waals surface area contributed by atoms with Gasteiger partial charge in [0, 0.05) is 5.56 Å². The molecule has 3 atom stereocenters. The molecule has 2 N–H and O–H groups in total. The van der Waals surface area contributed by atoms with Crippen LogP contribution in [0.3, 0.4) is 0 Å². The van der Waals surface area contributed by atoms with Crippen LogP contribution in [-0.2, 0) is 9.59 Å². The van der Waals surface area contributed by atoms with Crippen LogP contribution in [0.1, 0.15) is 48.7 Å². The molecule has 3 rings (SSSR count). The Kier molecular flexibility index (Phi) is 7.24. The van der Waals surface area contributed by atoms with E-state index in [0.29, 0.717) is 11.3 Å². The summed E-state index contributed by atoms with van der Waals surface area (Å²) in [5.41, 5.74) is -1.13. The highest BCUT2D eigenvalue weighted by Crippen LogP contribution is 2.51. The number of hydrogen-bond donors (Lipinski definition) is 2. The topological polar surface area (TPSA) is 104 Å². The molecule has 176 valence electrons. The highest BCUT2D eigenvalue weighted by atomic mass is 35.5. The van der Waals surface area contributed by atoms with E-state index in [1.54, 1.807) is 24.3 Å². The molecule has 0 radical (unpaired) electrons. The lowest BCUT2D eigenvalue weighted by atomic mass is 9.83. The van der Waals surface area contributed by atoms with Gasteiger partial charge in [-0.25, -0.2) is 4.79 Å². The molecule has 3 unspecified atom stereocenters. The molecule has 0 aromatic heterocycles. The zero-order valence-corrected chi connectivity index (χ0v) is 19.9. The fraction of sp³-hybridized carbons (Fsp3) is 0.375. The van der Waals surface area contributed by atoms with Crippen LogP contribution in [0, 0.1) is 11.8 Å². The Balaban J connectivity index is 2.27. The molecule has 9 heteroatoms. The van der Waals surface area contributed by atoms with Crippen molar-refractivity contribution in [3.63, 3.8) is 0 Å². The number of ether oxygens (including phenoxy) is 1. The first-order valence-electron chi connectivity index (χ1n) is 10.4. The number of aliphatic carboxylic acids is 2. The van der Waals surface area contributed by atoms with Crippen LogP contribution in [0.15, 0.2) is 42.5 Å². The van der Waals surface area contributed by atoms with Gasteiger partial charge < -0.3 is 19.8 Å². The molecule has 0 aliphatic carbocycles. The molecule has 7 nitrogen and oxygen atoms in total. The summed E-state index contributed by atoms with van der Waals surface area (Å²) in [6.07, 6.45) is -0.148. The van der Waals surface area contributed by atoms with E-state index in [-0.39, 0.29) is 34.4 Å². The maximum absolute atomic E-state index is 13.9. The van der Waals surface area contributed by atoms with E-state index in [1.165, 1.54) is 30.2 Å². The Bertz CT molecular complexity index is 1090. The van der Waals surface area contributed by atoms with Crippen molar-refractivity contribution in [2.75, 3.05) is 7.11 Å². The van der Waals surface area contributed by atoms with Gasteiger partial charge in [-0.15, -0.1) is 0 Å². The third-order valence-electron chi connectivity index (χ3n) is 5.96. The Morgan fingerprint density at radius 2 is 1.82 bits per heavy atom. The van der Waals surface area contributed by atoms with E-state index in [9.17, 15) is 24.6 Å². The number of carbonyl (C=O) groups is 3. The monoisotopic (exact) mass is 493 g/mol. The molecule has 1 fully saturated rings. The molecule has 1 heterocycles. The van der Waals surface area contributed by atoms with Gasteiger partial charge in [-0.1, -0.05) is 49.2 Å². The van der Waals surface area contributed by atoms with Gasteiger partial charge in [0.15, 0.2) is 0 Å². The zero-order chi connectivity index (χ0) is 24.5. The molecule has 0 bridgehead atoms. The van der Waals surface area contributed by atoms with Gasteiger partial charge in [-0.3, -0.25) is 9.59 Å². The quantitative estimate of drug-likeness (QED) is 0.551. The molecule has 0 saturated carbocycles. The molecule has 2 aromatic carbocycles. The second kappa shape index (κ2) is 9.61.